The minimum atomic E-state index is 0.650. The van der Waals surface area contributed by atoms with E-state index in [1.807, 2.05) is 25.1 Å². The zero-order valence-electron chi connectivity index (χ0n) is 14.2. The average Bonchev–Trinajstić information content (AvgIpc) is 2.84. The maximum atomic E-state index is 6.11. The molecule has 0 bridgehead atoms. The molecular weight excluding hydrogens is 324 g/mol. The van der Waals surface area contributed by atoms with Gasteiger partial charge in [0.05, 0.1) is 12.8 Å². The Hall–Kier alpha value is -2.01. The van der Waals surface area contributed by atoms with Gasteiger partial charge in [0.2, 0.25) is 5.95 Å². The third kappa shape index (κ3) is 4.09. The largest absolute Gasteiger partial charge is 0.495 e. The molecule has 6 heteroatoms. The van der Waals surface area contributed by atoms with Crippen molar-refractivity contribution < 1.29 is 4.74 Å². The number of aromatic nitrogens is 2. The smallest absolute Gasteiger partial charge is 0.227 e. The van der Waals surface area contributed by atoms with Crippen molar-refractivity contribution in [1.82, 2.24) is 9.97 Å². The van der Waals surface area contributed by atoms with Crippen LogP contribution in [-0.2, 0) is 0 Å². The van der Waals surface area contributed by atoms with Crippen LogP contribution >= 0.6 is 11.6 Å². The molecule has 1 aromatic heterocycles. The second-order valence-electron chi connectivity index (χ2n) is 6.07. The zero-order valence-corrected chi connectivity index (χ0v) is 14.9. The summed E-state index contributed by atoms with van der Waals surface area (Å²) < 4.78 is 5.39. The van der Waals surface area contributed by atoms with Crippen molar-refractivity contribution in [2.75, 3.05) is 30.4 Å². The summed E-state index contributed by atoms with van der Waals surface area (Å²) >= 11 is 6.11. The predicted molar refractivity (Wildman–Crippen MR) is 98.7 cm³/mol. The molecule has 2 heterocycles. The fourth-order valence-electron chi connectivity index (χ4n) is 2.94. The summed E-state index contributed by atoms with van der Waals surface area (Å²) in [4.78, 5) is 11.6. The Morgan fingerprint density at radius 3 is 2.54 bits per heavy atom. The van der Waals surface area contributed by atoms with Crippen LogP contribution in [0.2, 0.25) is 5.02 Å². The first-order chi connectivity index (χ1) is 11.7. The maximum absolute atomic E-state index is 6.11. The SMILES string of the molecule is COc1ccc(Cl)cc1Nc1cc(C)nc(N2CCCCCC2)n1. The summed E-state index contributed by atoms with van der Waals surface area (Å²) in [6.07, 6.45) is 4.96. The predicted octanol–water partition coefficient (Wildman–Crippen LogP) is 4.57. The molecule has 128 valence electrons. The van der Waals surface area contributed by atoms with Crippen LogP contribution in [0.4, 0.5) is 17.5 Å². The molecule has 0 amide bonds. The molecule has 1 saturated heterocycles. The van der Waals surface area contributed by atoms with E-state index in [4.69, 9.17) is 21.3 Å². The Balaban J connectivity index is 1.87. The van der Waals surface area contributed by atoms with Crippen LogP contribution in [0, 0.1) is 6.92 Å². The number of halogens is 1. The van der Waals surface area contributed by atoms with Crippen LogP contribution in [-0.4, -0.2) is 30.2 Å². The van der Waals surface area contributed by atoms with Crippen molar-refractivity contribution in [3.05, 3.63) is 35.0 Å². The molecule has 1 aliphatic heterocycles. The van der Waals surface area contributed by atoms with Crippen molar-refractivity contribution >= 4 is 29.1 Å². The van der Waals surface area contributed by atoms with E-state index in [0.29, 0.717) is 5.02 Å². The number of nitrogens with one attached hydrogen (secondary N) is 1. The van der Waals surface area contributed by atoms with Crippen molar-refractivity contribution in [2.45, 2.75) is 32.6 Å². The summed E-state index contributed by atoms with van der Waals surface area (Å²) in [6, 6.07) is 7.42. The number of nitrogens with zero attached hydrogens (tertiary/aromatic N) is 3. The van der Waals surface area contributed by atoms with Crippen LogP contribution in [0.25, 0.3) is 0 Å². The van der Waals surface area contributed by atoms with E-state index in [0.717, 1.165) is 42.0 Å². The van der Waals surface area contributed by atoms with E-state index in [2.05, 4.69) is 15.2 Å². The highest BCUT2D eigenvalue weighted by Gasteiger charge is 2.14. The molecule has 1 aromatic carbocycles. The van der Waals surface area contributed by atoms with Crippen molar-refractivity contribution in [3.8, 4) is 5.75 Å². The van der Waals surface area contributed by atoms with Gasteiger partial charge in [-0.15, -0.1) is 0 Å². The lowest BCUT2D eigenvalue weighted by atomic mass is 10.2. The number of rotatable bonds is 4. The van der Waals surface area contributed by atoms with Gasteiger partial charge in [-0.2, -0.15) is 4.98 Å². The molecule has 0 radical (unpaired) electrons. The Morgan fingerprint density at radius 1 is 1.08 bits per heavy atom. The Kier molecular flexibility index (Phi) is 5.41. The van der Waals surface area contributed by atoms with Gasteiger partial charge in [0.15, 0.2) is 0 Å². The van der Waals surface area contributed by atoms with Crippen molar-refractivity contribution in [1.29, 1.82) is 0 Å². The van der Waals surface area contributed by atoms with E-state index < -0.39 is 0 Å². The number of ether oxygens (including phenoxy) is 1. The molecule has 1 aliphatic rings. The van der Waals surface area contributed by atoms with Crippen LogP contribution in [0.3, 0.4) is 0 Å². The topological polar surface area (TPSA) is 50.3 Å². The first kappa shape index (κ1) is 16.8. The minimum Gasteiger partial charge on any atom is -0.495 e. The van der Waals surface area contributed by atoms with Gasteiger partial charge >= 0.3 is 0 Å². The fourth-order valence-corrected chi connectivity index (χ4v) is 3.12. The van der Waals surface area contributed by atoms with E-state index in [-0.39, 0.29) is 0 Å². The van der Waals surface area contributed by atoms with E-state index >= 15 is 0 Å². The molecule has 1 fully saturated rings. The lowest BCUT2D eigenvalue weighted by Crippen LogP contribution is -2.26. The quantitative estimate of drug-likeness (QED) is 0.878. The summed E-state index contributed by atoms with van der Waals surface area (Å²) in [5.41, 5.74) is 1.73. The molecular formula is C18H23ClN4O. The summed E-state index contributed by atoms with van der Waals surface area (Å²) in [5, 5.41) is 3.96. The lowest BCUT2D eigenvalue weighted by Gasteiger charge is -2.21. The first-order valence-corrected chi connectivity index (χ1v) is 8.75. The number of benzene rings is 1. The number of hydrogen-bond donors (Lipinski definition) is 1. The molecule has 0 aliphatic carbocycles. The van der Waals surface area contributed by atoms with Gasteiger partial charge in [0.25, 0.3) is 0 Å². The third-order valence-corrected chi connectivity index (χ3v) is 4.39. The summed E-state index contributed by atoms with van der Waals surface area (Å²) in [6.45, 7) is 4.02. The van der Waals surface area contributed by atoms with Gasteiger partial charge in [0.1, 0.15) is 11.6 Å². The molecule has 1 N–H and O–H groups in total. The lowest BCUT2D eigenvalue weighted by molar-refractivity contribution is 0.417. The third-order valence-electron chi connectivity index (χ3n) is 4.16. The fraction of sp³-hybridized carbons (Fsp3) is 0.444. The average molecular weight is 347 g/mol. The molecule has 5 nitrogen and oxygen atoms in total. The Bertz CT molecular complexity index is 699. The number of methoxy groups -OCH3 is 1. The number of anilines is 3. The van der Waals surface area contributed by atoms with Crippen LogP contribution in [0.1, 0.15) is 31.4 Å². The minimum absolute atomic E-state index is 0.650. The summed E-state index contributed by atoms with van der Waals surface area (Å²) in [5.74, 6) is 2.27. The molecule has 0 unspecified atom stereocenters. The van der Waals surface area contributed by atoms with Crippen molar-refractivity contribution in [2.24, 2.45) is 0 Å². The maximum Gasteiger partial charge on any atom is 0.227 e. The normalized spacial score (nSPS) is 15.0. The Labute approximate surface area is 148 Å². The number of hydrogen-bond acceptors (Lipinski definition) is 5. The second-order valence-corrected chi connectivity index (χ2v) is 6.50. The highest BCUT2D eigenvalue weighted by molar-refractivity contribution is 6.31. The molecule has 0 atom stereocenters. The molecule has 0 spiro atoms. The zero-order chi connectivity index (χ0) is 16.9. The molecule has 0 saturated carbocycles. The highest BCUT2D eigenvalue weighted by atomic mass is 35.5. The first-order valence-electron chi connectivity index (χ1n) is 8.37. The van der Waals surface area contributed by atoms with Crippen molar-refractivity contribution in [3.63, 3.8) is 0 Å². The van der Waals surface area contributed by atoms with Gasteiger partial charge in [-0.25, -0.2) is 4.98 Å². The molecule has 24 heavy (non-hydrogen) atoms. The van der Waals surface area contributed by atoms with Crippen LogP contribution in [0.15, 0.2) is 24.3 Å². The molecule has 3 rings (SSSR count). The van der Waals surface area contributed by atoms with Gasteiger partial charge < -0.3 is 15.0 Å². The highest BCUT2D eigenvalue weighted by Crippen LogP contribution is 2.30. The van der Waals surface area contributed by atoms with E-state index in [1.165, 1.54) is 25.7 Å². The van der Waals surface area contributed by atoms with E-state index in [1.54, 1.807) is 13.2 Å². The monoisotopic (exact) mass is 346 g/mol. The second kappa shape index (κ2) is 7.71. The number of aryl methyl sites for hydroxylation is 1. The van der Waals surface area contributed by atoms with Crippen LogP contribution in [0.5, 0.6) is 5.75 Å². The Morgan fingerprint density at radius 2 is 1.83 bits per heavy atom. The van der Waals surface area contributed by atoms with Gasteiger partial charge in [-0.3, -0.25) is 0 Å². The van der Waals surface area contributed by atoms with E-state index in [9.17, 15) is 0 Å². The summed E-state index contributed by atoms with van der Waals surface area (Å²) in [7, 11) is 1.64. The van der Waals surface area contributed by atoms with Gasteiger partial charge in [-0.05, 0) is 38.0 Å². The molecule has 2 aromatic rings. The van der Waals surface area contributed by atoms with Crippen LogP contribution < -0.4 is 15.0 Å². The van der Waals surface area contributed by atoms with Gasteiger partial charge in [-0.1, -0.05) is 24.4 Å². The van der Waals surface area contributed by atoms with Gasteiger partial charge in [0, 0.05) is 29.9 Å². The standard InChI is InChI=1S/C18H23ClN4O/c1-13-11-17(21-15-12-14(19)7-8-16(15)24-2)22-18(20-13)23-9-5-3-4-6-10-23/h7-8,11-12H,3-6,9-10H2,1-2H3,(H,20,21,22).